The van der Waals surface area contributed by atoms with Crippen LogP contribution < -0.4 is 5.32 Å². The molecule has 1 amide bonds. The standard InChI is InChI=1S/C19H22N4O/c1-4-5-10-20-19(24)15-11-18(16-12-21-23(3)13(16)2)22-17-9-7-6-8-14(15)17/h6-9,11-12H,4-5,10H2,1-3H3,(H,20,24). The van der Waals surface area contributed by atoms with Gasteiger partial charge in [0.2, 0.25) is 0 Å². The van der Waals surface area contributed by atoms with E-state index in [0.29, 0.717) is 12.1 Å². The molecule has 0 bridgehead atoms. The number of amides is 1. The highest BCUT2D eigenvalue weighted by Crippen LogP contribution is 2.26. The first-order chi connectivity index (χ1) is 11.6. The molecule has 0 saturated carbocycles. The largest absolute Gasteiger partial charge is 0.352 e. The number of hydrogen-bond acceptors (Lipinski definition) is 3. The second-order valence-electron chi connectivity index (χ2n) is 5.95. The van der Waals surface area contributed by atoms with E-state index in [1.54, 1.807) is 6.20 Å². The zero-order chi connectivity index (χ0) is 17.1. The zero-order valence-electron chi connectivity index (χ0n) is 14.3. The summed E-state index contributed by atoms with van der Waals surface area (Å²) in [4.78, 5) is 17.4. The molecule has 0 atom stereocenters. The lowest BCUT2D eigenvalue weighted by atomic mass is 10.0. The molecule has 0 saturated heterocycles. The zero-order valence-corrected chi connectivity index (χ0v) is 14.3. The maximum Gasteiger partial charge on any atom is 0.252 e. The molecule has 1 aromatic carbocycles. The summed E-state index contributed by atoms with van der Waals surface area (Å²) in [5.41, 5.74) is 4.23. The van der Waals surface area contributed by atoms with Gasteiger partial charge in [-0.3, -0.25) is 9.48 Å². The topological polar surface area (TPSA) is 59.8 Å². The van der Waals surface area contributed by atoms with E-state index in [4.69, 9.17) is 4.98 Å². The van der Waals surface area contributed by atoms with Gasteiger partial charge in [0.05, 0.1) is 23.0 Å². The van der Waals surface area contributed by atoms with Crippen LogP contribution in [-0.4, -0.2) is 27.2 Å². The number of nitrogens with zero attached hydrogens (tertiary/aromatic N) is 3. The Morgan fingerprint density at radius 2 is 2.08 bits per heavy atom. The molecule has 0 aliphatic carbocycles. The smallest absolute Gasteiger partial charge is 0.252 e. The number of unbranched alkanes of at least 4 members (excludes halogenated alkanes) is 1. The highest BCUT2D eigenvalue weighted by Gasteiger charge is 2.15. The van der Waals surface area contributed by atoms with Gasteiger partial charge in [-0.15, -0.1) is 0 Å². The lowest BCUT2D eigenvalue weighted by molar-refractivity contribution is 0.0955. The maximum atomic E-state index is 12.6. The first-order valence-electron chi connectivity index (χ1n) is 8.28. The summed E-state index contributed by atoms with van der Waals surface area (Å²) in [7, 11) is 1.90. The van der Waals surface area contributed by atoms with Crippen LogP contribution in [0.25, 0.3) is 22.2 Å². The summed E-state index contributed by atoms with van der Waals surface area (Å²) in [6.07, 6.45) is 3.83. The molecule has 0 unspecified atom stereocenters. The summed E-state index contributed by atoms with van der Waals surface area (Å²) >= 11 is 0. The average Bonchev–Trinajstić information content (AvgIpc) is 2.93. The van der Waals surface area contributed by atoms with Crippen molar-refractivity contribution in [2.45, 2.75) is 26.7 Å². The van der Waals surface area contributed by atoms with Gasteiger partial charge in [0.15, 0.2) is 0 Å². The first-order valence-corrected chi connectivity index (χ1v) is 8.28. The van der Waals surface area contributed by atoms with Crippen molar-refractivity contribution in [1.82, 2.24) is 20.1 Å². The minimum Gasteiger partial charge on any atom is -0.352 e. The third-order valence-corrected chi connectivity index (χ3v) is 4.29. The Kier molecular flexibility index (Phi) is 4.60. The number of nitrogens with one attached hydrogen (secondary N) is 1. The molecule has 0 aliphatic heterocycles. The minimum absolute atomic E-state index is 0.0511. The van der Waals surface area contributed by atoms with Gasteiger partial charge in [-0.05, 0) is 25.5 Å². The van der Waals surface area contributed by atoms with Crippen LogP contribution in [0, 0.1) is 6.92 Å². The van der Waals surface area contributed by atoms with Crippen LogP contribution in [0.3, 0.4) is 0 Å². The number of fused-ring (bicyclic) bond motifs is 1. The molecule has 0 radical (unpaired) electrons. The number of carbonyl (C=O) groups is 1. The molecule has 0 aliphatic rings. The highest BCUT2D eigenvalue weighted by molar-refractivity contribution is 6.07. The molecule has 24 heavy (non-hydrogen) atoms. The van der Waals surface area contributed by atoms with E-state index in [1.165, 1.54) is 0 Å². The molecule has 5 nitrogen and oxygen atoms in total. The lowest BCUT2D eigenvalue weighted by Gasteiger charge is -2.10. The molecule has 124 valence electrons. The number of pyridine rings is 1. The van der Waals surface area contributed by atoms with Gasteiger partial charge in [-0.2, -0.15) is 5.10 Å². The van der Waals surface area contributed by atoms with Crippen molar-refractivity contribution in [3.8, 4) is 11.3 Å². The molecule has 2 aromatic heterocycles. The van der Waals surface area contributed by atoms with Crippen LogP contribution >= 0.6 is 0 Å². The molecule has 5 heteroatoms. The quantitative estimate of drug-likeness (QED) is 0.732. The van der Waals surface area contributed by atoms with E-state index >= 15 is 0 Å². The summed E-state index contributed by atoms with van der Waals surface area (Å²) < 4.78 is 1.81. The van der Waals surface area contributed by atoms with Crippen LogP contribution in [0.1, 0.15) is 35.8 Å². The fourth-order valence-electron chi connectivity index (χ4n) is 2.73. The van der Waals surface area contributed by atoms with E-state index in [-0.39, 0.29) is 5.91 Å². The van der Waals surface area contributed by atoms with E-state index in [0.717, 1.165) is 40.7 Å². The predicted molar refractivity (Wildman–Crippen MR) is 95.9 cm³/mol. The Hall–Kier alpha value is -2.69. The van der Waals surface area contributed by atoms with Gasteiger partial charge in [-0.1, -0.05) is 31.5 Å². The number of aryl methyl sites for hydroxylation is 1. The molecule has 0 fully saturated rings. The summed E-state index contributed by atoms with van der Waals surface area (Å²) in [5, 5.41) is 8.16. The van der Waals surface area contributed by atoms with E-state index in [9.17, 15) is 4.79 Å². The summed E-state index contributed by atoms with van der Waals surface area (Å²) in [6, 6.07) is 9.62. The summed E-state index contributed by atoms with van der Waals surface area (Å²) in [5.74, 6) is -0.0511. The van der Waals surface area contributed by atoms with E-state index in [1.807, 2.05) is 49.0 Å². The van der Waals surface area contributed by atoms with Crippen molar-refractivity contribution >= 4 is 16.8 Å². The lowest BCUT2D eigenvalue weighted by Crippen LogP contribution is -2.24. The van der Waals surface area contributed by atoms with Crippen molar-refractivity contribution in [1.29, 1.82) is 0 Å². The van der Waals surface area contributed by atoms with Gasteiger partial charge in [0.25, 0.3) is 5.91 Å². The van der Waals surface area contributed by atoms with Gasteiger partial charge in [0, 0.05) is 30.2 Å². The number of hydrogen-bond donors (Lipinski definition) is 1. The van der Waals surface area contributed by atoms with Crippen molar-refractivity contribution in [2.24, 2.45) is 7.05 Å². The molecule has 3 aromatic rings. The third kappa shape index (κ3) is 3.02. The Bertz CT molecular complexity index is 882. The Labute approximate surface area is 141 Å². The average molecular weight is 322 g/mol. The minimum atomic E-state index is -0.0511. The van der Waals surface area contributed by atoms with Gasteiger partial charge < -0.3 is 5.32 Å². The first kappa shape index (κ1) is 16.2. The molecular weight excluding hydrogens is 300 g/mol. The number of aromatic nitrogens is 3. The van der Waals surface area contributed by atoms with Crippen molar-refractivity contribution in [3.63, 3.8) is 0 Å². The number of rotatable bonds is 5. The van der Waals surface area contributed by atoms with Crippen molar-refractivity contribution in [3.05, 3.63) is 47.8 Å². The molecule has 0 spiro atoms. The summed E-state index contributed by atoms with van der Waals surface area (Å²) in [6.45, 7) is 4.80. The van der Waals surface area contributed by atoms with E-state index in [2.05, 4.69) is 17.3 Å². The molecular formula is C19H22N4O. The highest BCUT2D eigenvalue weighted by atomic mass is 16.1. The second-order valence-corrected chi connectivity index (χ2v) is 5.95. The van der Waals surface area contributed by atoms with Crippen LogP contribution in [0.5, 0.6) is 0 Å². The van der Waals surface area contributed by atoms with Gasteiger partial charge in [-0.25, -0.2) is 4.98 Å². The van der Waals surface area contributed by atoms with Gasteiger partial charge in [0.1, 0.15) is 0 Å². The molecule has 2 heterocycles. The number of carbonyl (C=O) groups excluding carboxylic acids is 1. The number of benzene rings is 1. The Balaban J connectivity index is 2.09. The normalized spacial score (nSPS) is 11.0. The maximum absolute atomic E-state index is 12.6. The molecule has 3 rings (SSSR count). The van der Waals surface area contributed by atoms with Crippen LogP contribution in [0.2, 0.25) is 0 Å². The van der Waals surface area contributed by atoms with Gasteiger partial charge >= 0.3 is 0 Å². The fraction of sp³-hybridized carbons (Fsp3) is 0.316. The van der Waals surface area contributed by atoms with E-state index < -0.39 is 0 Å². The Morgan fingerprint density at radius 1 is 1.29 bits per heavy atom. The van der Waals surface area contributed by atoms with Crippen molar-refractivity contribution in [2.75, 3.05) is 6.54 Å². The number of para-hydroxylation sites is 1. The Morgan fingerprint density at radius 3 is 2.79 bits per heavy atom. The second kappa shape index (κ2) is 6.83. The van der Waals surface area contributed by atoms with Crippen LogP contribution in [0.15, 0.2) is 36.5 Å². The van der Waals surface area contributed by atoms with Crippen molar-refractivity contribution < 1.29 is 4.79 Å². The third-order valence-electron chi connectivity index (χ3n) is 4.29. The fourth-order valence-corrected chi connectivity index (χ4v) is 2.73. The predicted octanol–water partition coefficient (Wildman–Crippen LogP) is 3.47. The monoisotopic (exact) mass is 322 g/mol. The molecule has 1 N–H and O–H groups in total. The van der Waals surface area contributed by atoms with Crippen LogP contribution in [-0.2, 0) is 7.05 Å². The SMILES string of the molecule is CCCCNC(=O)c1cc(-c2cnn(C)c2C)nc2ccccc12. The van der Waals surface area contributed by atoms with Crippen LogP contribution in [0.4, 0.5) is 0 Å².